The van der Waals surface area contributed by atoms with E-state index >= 15 is 0 Å². The maximum Gasteiger partial charge on any atom is 0.319 e. The average Bonchev–Trinajstić information content (AvgIpc) is 2.73. The number of nitrogens with one attached hydrogen (secondary N) is 1. The van der Waals surface area contributed by atoms with Crippen molar-refractivity contribution in [1.29, 1.82) is 0 Å². The van der Waals surface area contributed by atoms with Crippen molar-refractivity contribution >= 4 is 22.5 Å². The zero-order valence-corrected chi connectivity index (χ0v) is 8.86. The first-order valence-corrected chi connectivity index (χ1v) is 4.94. The minimum absolute atomic E-state index is 0.373. The van der Waals surface area contributed by atoms with Crippen molar-refractivity contribution in [3.8, 4) is 0 Å². The topological polar surface area (TPSA) is 34.0 Å². The van der Waals surface area contributed by atoms with Crippen LogP contribution in [0, 0.1) is 0 Å². The lowest BCUT2D eigenvalue weighted by Crippen LogP contribution is -2.07. The highest BCUT2D eigenvalue weighted by atomic mass is 19.3. The number of hydrogen-bond donors (Lipinski definition) is 1. The normalized spacial score (nSPS) is 10.8. The Hall–Kier alpha value is -2.17. The highest BCUT2D eigenvalue weighted by Crippen LogP contribution is 2.27. The van der Waals surface area contributed by atoms with Gasteiger partial charge in [-0.15, -0.1) is 0 Å². The van der Waals surface area contributed by atoms with Crippen LogP contribution in [-0.2, 0) is 4.79 Å². The van der Waals surface area contributed by atoms with Gasteiger partial charge in [-0.25, -0.2) is 0 Å². The molecule has 0 atom stereocenters. The largest absolute Gasteiger partial charge is 0.322 e. The molecule has 1 N–H and O–H groups in total. The third kappa shape index (κ3) is 2.04. The molecule has 17 heavy (non-hydrogen) atoms. The van der Waals surface area contributed by atoms with Crippen LogP contribution < -0.4 is 5.32 Å². The minimum atomic E-state index is -2.60. The number of halogens is 2. The van der Waals surface area contributed by atoms with Crippen molar-refractivity contribution in [1.82, 2.24) is 4.57 Å². The number of carbonyl (C=O) groups excluding carboxylic acids is 1. The van der Waals surface area contributed by atoms with Gasteiger partial charge in [0.2, 0.25) is 5.91 Å². The summed E-state index contributed by atoms with van der Waals surface area (Å²) in [5.41, 5.74) is 0.869. The molecule has 1 aromatic carbocycles. The van der Waals surface area contributed by atoms with Gasteiger partial charge in [-0.1, -0.05) is 12.6 Å². The summed E-state index contributed by atoms with van der Waals surface area (Å²) in [6.07, 6.45) is 2.42. The maximum atomic E-state index is 12.7. The number of benzene rings is 1. The third-order valence-corrected chi connectivity index (χ3v) is 2.42. The van der Waals surface area contributed by atoms with E-state index in [0.717, 1.165) is 10.6 Å². The number of fused-ring (bicyclic) bond motifs is 1. The summed E-state index contributed by atoms with van der Waals surface area (Å²) in [5.74, 6) is -0.373. The summed E-state index contributed by atoms with van der Waals surface area (Å²) in [6.45, 7) is 0.734. The van der Waals surface area contributed by atoms with Crippen molar-refractivity contribution in [2.24, 2.45) is 0 Å². The maximum absolute atomic E-state index is 12.7. The average molecular weight is 236 g/mol. The van der Waals surface area contributed by atoms with Gasteiger partial charge in [0.25, 0.3) is 0 Å². The summed E-state index contributed by atoms with van der Waals surface area (Å²) in [6, 6.07) is 6.38. The van der Waals surface area contributed by atoms with Crippen LogP contribution in [0.5, 0.6) is 0 Å². The first-order chi connectivity index (χ1) is 8.13. The Bertz CT molecular complexity index is 575. The number of hydrogen-bond acceptors (Lipinski definition) is 1. The second-order valence-electron chi connectivity index (χ2n) is 3.43. The van der Waals surface area contributed by atoms with Crippen molar-refractivity contribution in [2.75, 3.05) is 5.32 Å². The molecule has 0 spiro atoms. The van der Waals surface area contributed by atoms with Crippen molar-refractivity contribution < 1.29 is 13.6 Å². The van der Waals surface area contributed by atoms with Crippen LogP contribution in [-0.4, -0.2) is 10.5 Å². The quantitative estimate of drug-likeness (QED) is 0.816. The van der Waals surface area contributed by atoms with E-state index in [1.165, 1.54) is 6.20 Å². The number of amides is 1. The Balaban J connectivity index is 2.51. The molecule has 0 aliphatic heterocycles. The molecular formula is C12H10F2N2O. The minimum Gasteiger partial charge on any atom is -0.322 e. The zero-order chi connectivity index (χ0) is 12.4. The molecule has 2 rings (SSSR count). The molecule has 3 nitrogen and oxygen atoms in total. The van der Waals surface area contributed by atoms with Gasteiger partial charge in [0.1, 0.15) is 0 Å². The second-order valence-corrected chi connectivity index (χ2v) is 3.43. The Labute approximate surface area is 96.3 Å². The molecule has 0 bridgehead atoms. The molecule has 0 saturated carbocycles. The van der Waals surface area contributed by atoms with Crippen LogP contribution in [0.25, 0.3) is 10.9 Å². The van der Waals surface area contributed by atoms with Gasteiger partial charge in [0.05, 0.1) is 11.2 Å². The van der Waals surface area contributed by atoms with Crippen LogP contribution in [0.3, 0.4) is 0 Å². The standard InChI is InChI=1S/C12H10F2N2O/c1-2-11(17)15-9-4-3-5-10-8(9)6-7-16(10)12(13)14/h2-7,12H,1H2,(H,15,17). The molecule has 0 radical (unpaired) electrons. The summed E-state index contributed by atoms with van der Waals surface area (Å²) < 4.78 is 26.1. The van der Waals surface area contributed by atoms with E-state index in [-0.39, 0.29) is 5.91 Å². The molecule has 2 aromatic rings. The van der Waals surface area contributed by atoms with E-state index in [9.17, 15) is 13.6 Å². The van der Waals surface area contributed by atoms with Crippen LogP contribution in [0.15, 0.2) is 43.1 Å². The van der Waals surface area contributed by atoms with Crippen LogP contribution in [0.4, 0.5) is 14.5 Å². The Morgan fingerprint density at radius 2 is 2.18 bits per heavy atom. The van der Waals surface area contributed by atoms with Gasteiger partial charge < -0.3 is 5.32 Å². The van der Waals surface area contributed by atoms with E-state index in [1.807, 2.05) is 0 Å². The Kier molecular flexibility index (Phi) is 2.91. The molecule has 5 heteroatoms. The van der Waals surface area contributed by atoms with Crippen molar-refractivity contribution in [3.63, 3.8) is 0 Å². The first kappa shape index (κ1) is 11.3. The van der Waals surface area contributed by atoms with E-state index in [2.05, 4.69) is 11.9 Å². The first-order valence-electron chi connectivity index (χ1n) is 4.94. The molecule has 0 aliphatic rings. The predicted molar refractivity (Wildman–Crippen MR) is 62.0 cm³/mol. The van der Waals surface area contributed by atoms with E-state index in [0.29, 0.717) is 16.6 Å². The number of anilines is 1. The van der Waals surface area contributed by atoms with Gasteiger partial charge in [0, 0.05) is 11.6 Å². The van der Waals surface area contributed by atoms with Crippen LogP contribution in [0.1, 0.15) is 6.55 Å². The van der Waals surface area contributed by atoms with Gasteiger partial charge in [0.15, 0.2) is 0 Å². The second kappa shape index (κ2) is 4.37. The van der Waals surface area contributed by atoms with E-state index < -0.39 is 6.55 Å². The summed E-state index contributed by atoms with van der Waals surface area (Å²) in [7, 11) is 0. The molecule has 1 heterocycles. The fourth-order valence-corrected chi connectivity index (χ4v) is 1.65. The molecule has 0 unspecified atom stereocenters. The monoisotopic (exact) mass is 236 g/mol. The molecule has 1 amide bonds. The highest BCUT2D eigenvalue weighted by Gasteiger charge is 2.11. The van der Waals surface area contributed by atoms with Crippen molar-refractivity contribution in [3.05, 3.63) is 43.1 Å². The van der Waals surface area contributed by atoms with Gasteiger partial charge >= 0.3 is 6.55 Å². The smallest absolute Gasteiger partial charge is 0.319 e. The third-order valence-electron chi connectivity index (χ3n) is 2.42. The number of alkyl halides is 2. The number of rotatable bonds is 3. The fourth-order valence-electron chi connectivity index (χ4n) is 1.65. The summed E-state index contributed by atoms with van der Waals surface area (Å²) in [4.78, 5) is 11.2. The lowest BCUT2D eigenvalue weighted by atomic mass is 10.2. The highest BCUT2D eigenvalue weighted by molar-refractivity contribution is 6.05. The molecular weight excluding hydrogens is 226 g/mol. The summed E-state index contributed by atoms with van der Waals surface area (Å²) in [5, 5.41) is 3.14. The van der Waals surface area contributed by atoms with Crippen LogP contribution >= 0.6 is 0 Å². The number of aromatic nitrogens is 1. The zero-order valence-electron chi connectivity index (χ0n) is 8.86. The van der Waals surface area contributed by atoms with Gasteiger partial charge in [-0.3, -0.25) is 9.36 Å². The van der Waals surface area contributed by atoms with Crippen molar-refractivity contribution in [2.45, 2.75) is 6.55 Å². The number of carbonyl (C=O) groups is 1. The lowest BCUT2D eigenvalue weighted by Gasteiger charge is -2.06. The van der Waals surface area contributed by atoms with E-state index in [1.54, 1.807) is 24.3 Å². The molecule has 0 saturated heterocycles. The Morgan fingerprint density at radius 3 is 2.82 bits per heavy atom. The molecule has 0 fully saturated rings. The van der Waals surface area contributed by atoms with Gasteiger partial charge in [-0.05, 0) is 24.3 Å². The number of nitrogens with zero attached hydrogens (tertiary/aromatic N) is 1. The lowest BCUT2D eigenvalue weighted by molar-refractivity contribution is -0.111. The summed E-state index contributed by atoms with van der Waals surface area (Å²) >= 11 is 0. The SMILES string of the molecule is C=CC(=O)Nc1cccc2c1ccn2C(F)F. The Morgan fingerprint density at radius 1 is 1.41 bits per heavy atom. The molecule has 88 valence electrons. The molecule has 0 aliphatic carbocycles. The van der Waals surface area contributed by atoms with Crippen LogP contribution in [0.2, 0.25) is 0 Å². The fraction of sp³-hybridized carbons (Fsp3) is 0.0833. The van der Waals surface area contributed by atoms with Gasteiger partial charge in [-0.2, -0.15) is 8.78 Å². The predicted octanol–water partition coefficient (Wildman–Crippen LogP) is 3.16. The van der Waals surface area contributed by atoms with E-state index in [4.69, 9.17) is 0 Å². The molecule has 1 aromatic heterocycles.